The Kier molecular flexibility index (Phi) is 5.81. The molecule has 0 saturated carbocycles. The fraction of sp³-hybridized carbons (Fsp3) is 0.533. The first-order valence-corrected chi connectivity index (χ1v) is 6.50. The number of rotatable bonds is 6. The van der Waals surface area contributed by atoms with Gasteiger partial charge in [0, 0.05) is 24.8 Å². The van der Waals surface area contributed by atoms with Crippen molar-refractivity contribution in [2.75, 3.05) is 25.1 Å². The highest BCUT2D eigenvalue weighted by molar-refractivity contribution is 5.58. The van der Waals surface area contributed by atoms with E-state index in [1.165, 1.54) is 0 Å². The zero-order valence-corrected chi connectivity index (χ0v) is 12.1. The van der Waals surface area contributed by atoms with Gasteiger partial charge in [-0.3, -0.25) is 0 Å². The molecule has 0 radical (unpaired) electrons. The van der Waals surface area contributed by atoms with Crippen LogP contribution in [0.1, 0.15) is 38.0 Å². The first-order valence-electron chi connectivity index (χ1n) is 6.50. The van der Waals surface area contributed by atoms with Gasteiger partial charge in [0.1, 0.15) is 0 Å². The highest BCUT2D eigenvalue weighted by Crippen LogP contribution is 2.26. The molecular weight excluding hydrogens is 240 g/mol. The molecule has 0 saturated heterocycles. The smallest absolute Gasteiger partial charge is 0.0992 e. The van der Waals surface area contributed by atoms with E-state index in [0.717, 1.165) is 11.3 Å². The third kappa shape index (κ3) is 4.55. The van der Waals surface area contributed by atoms with Gasteiger partial charge < -0.3 is 14.7 Å². The first-order chi connectivity index (χ1) is 8.95. The molecule has 1 N–H and O–H groups in total. The van der Waals surface area contributed by atoms with Gasteiger partial charge in [-0.05, 0) is 32.9 Å². The van der Waals surface area contributed by atoms with Gasteiger partial charge in [-0.25, -0.2) is 0 Å². The normalized spacial score (nSPS) is 12.3. The Morgan fingerprint density at radius 3 is 2.58 bits per heavy atom. The second-order valence-corrected chi connectivity index (χ2v) is 4.90. The molecule has 1 aromatic carbocycles. The van der Waals surface area contributed by atoms with Gasteiger partial charge in [0.2, 0.25) is 0 Å². The van der Waals surface area contributed by atoms with Crippen LogP contribution in [0.15, 0.2) is 18.2 Å². The number of aliphatic hydroxyl groups excluding tert-OH is 1. The van der Waals surface area contributed by atoms with Crippen molar-refractivity contribution < 1.29 is 9.84 Å². The van der Waals surface area contributed by atoms with E-state index in [1.54, 1.807) is 25.1 Å². The van der Waals surface area contributed by atoms with Crippen LogP contribution in [0.3, 0.4) is 0 Å². The summed E-state index contributed by atoms with van der Waals surface area (Å²) >= 11 is 0. The number of ether oxygens (including phenoxy) is 1. The fourth-order valence-corrected chi connectivity index (χ4v) is 1.84. The molecule has 4 heteroatoms. The second kappa shape index (κ2) is 7.13. The molecule has 0 amide bonds. The second-order valence-electron chi connectivity index (χ2n) is 4.90. The molecule has 0 heterocycles. The molecule has 0 unspecified atom stereocenters. The van der Waals surface area contributed by atoms with Gasteiger partial charge in [-0.2, -0.15) is 5.26 Å². The fourth-order valence-electron chi connectivity index (χ4n) is 1.84. The van der Waals surface area contributed by atoms with Crippen LogP contribution in [0, 0.1) is 11.3 Å². The minimum atomic E-state index is -0.559. The van der Waals surface area contributed by atoms with Gasteiger partial charge in [-0.1, -0.05) is 6.07 Å². The molecule has 1 aromatic rings. The molecule has 0 spiro atoms. The van der Waals surface area contributed by atoms with Gasteiger partial charge in [0.15, 0.2) is 0 Å². The van der Waals surface area contributed by atoms with E-state index in [-0.39, 0.29) is 6.10 Å². The number of aliphatic hydroxyl groups is 1. The maximum Gasteiger partial charge on any atom is 0.0992 e. The number of benzene rings is 1. The van der Waals surface area contributed by atoms with E-state index in [0.29, 0.717) is 18.7 Å². The van der Waals surface area contributed by atoms with Crippen molar-refractivity contribution in [3.63, 3.8) is 0 Å². The van der Waals surface area contributed by atoms with Gasteiger partial charge >= 0.3 is 0 Å². The molecular formula is C15H22N2O2. The lowest BCUT2D eigenvalue weighted by Crippen LogP contribution is -2.25. The Morgan fingerprint density at radius 2 is 2.05 bits per heavy atom. The van der Waals surface area contributed by atoms with Crippen LogP contribution < -0.4 is 4.90 Å². The van der Waals surface area contributed by atoms with E-state index in [4.69, 9.17) is 10.00 Å². The molecule has 0 bridgehead atoms. The predicted octanol–water partition coefficient (Wildman–Crippen LogP) is 2.47. The van der Waals surface area contributed by atoms with Crippen LogP contribution >= 0.6 is 0 Å². The highest BCUT2D eigenvalue weighted by atomic mass is 16.5. The number of nitriles is 1. The van der Waals surface area contributed by atoms with Crippen molar-refractivity contribution in [2.45, 2.75) is 33.0 Å². The summed E-state index contributed by atoms with van der Waals surface area (Å²) < 4.78 is 5.52. The first kappa shape index (κ1) is 15.5. The summed E-state index contributed by atoms with van der Waals surface area (Å²) in [4.78, 5) is 2.01. The maximum absolute atomic E-state index is 9.79. The summed E-state index contributed by atoms with van der Waals surface area (Å²) in [6.45, 7) is 7.05. The van der Waals surface area contributed by atoms with Crippen LogP contribution in [-0.2, 0) is 4.74 Å². The van der Waals surface area contributed by atoms with E-state index in [2.05, 4.69) is 6.07 Å². The summed E-state index contributed by atoms with van der Waals surface area (Å²) in [7, 11) is 1.94. The Bertz CT molecular complexity index is 450. The van der Waals surface area contributed by atoms with Crippen molar-refractivity contribution in [1.29, 1.82) is 5.26 Å². The van der Waals surface area contributed by atoms with E-state index < -0.39 is 6.10 Å². The van der Waals surface area contributed by atoms with E-state index in [9.17, 15) is 5.11 Å². The topological polar surface area (TPSA) is 56.5 Å². The van der Waals surface area contributed by atoms with Crippen LogP contribution in [0.4, 0.5) is 5.69 Å². The van der Waals surface area contributed by atoms with Crippen molar-refractivity contribution in [2.24, 2.45) is 0 Å². The average molecular weight is 262 g/mol. The predicted molar refractivity (Wildman–Crippen MR) is 76.1 cm³/mol. The Hall–Kier alpha value is -1.57. The number of anilines is 1. The minimum Gasteiger partial charge on any atom is -0.389 e. The van der Waals surface area contributed by atoms with Crippen LogP contribution in [-0.4, -0.2) is 31.4 Å². The van der Waals surface area contributed by atoms with Crippen molar-refractivity contribution in [3.05, 3.63) is 29.3 Å². The zero-order valence-electron chi connectivity index (χ0n) is 12.1. The number of hydrogen-bond acceptors (Lipinski definition) is 4. The summed E-state index contributed by atoms with van der Waals surface area (Å²) in [6, 6.07) is 7.46. The van der Waals surface area contributed by atoms with Gasteiger partial charge in [0.25, 0.3) is 0 Å². The van der Waals surface area contributed by atoms with Crippen LogP contribution in [0.2, 0.25) is 0 Å². The quantitative estimate of drug-likeness (QED) is 0.855. The Labute approximate surface area is 115 Å². The molecule has 4 nitrogen and oxygen atoms in total. The monoisotopic (exact) mass is 262 g/mol. The van der Waals surface area contributed by atoms with Crippen molar-refractivity contribution in [1.82, 2.24) is 0 Å². The van der Waals surface area contributed by atoms with Crippen LogP contribution in [0.5, 0.6) is 0 Å². The van der Waals surface area contributed by atoms with Crippen molar-refractivity contribution in [3.8, 4) is 6.07 Å². The zero-order chi connectivity index (χ0) is 14.4. The molecule has 1 rings (SSSR count). The molecule has 1 atom stereocenters. The molecule has 0 aliphatic rings. The molecule has 104 valence electrons. The molecule has 0 aromatic heterocycles. The molecule has 0 aliphatic heterocycles. The minimum absolute atomic E-state index is 0.204. The lowest BCUT2D eigenvalue weighted by Gasteiger charge is -2.24. The summed E-state index contributed by atoms with van der Waals surface area (Å²) in [5, 5.41) is 18.8. The molecule has 0 fully saturated rings. The van der Waals surface area contributed by atoms with Crippen molar-refractivity contribution >= 4 is 5.69 Å². The third-order valence-electron chi connectivity index (χ3n) is 2.90. The SMILES string of the molecule is CC(C)OCCN(C)c1cc(C#N)ccc1[C@@H](C)O. The average Bonchev–Trinajstić information content (AvgIpc) is 2.37. The maximum atomic E-state index is 9.79. The molecule has 0 aliphatic carbocycles. The van der Waals surface area contributed by atoms with Gasteiger partial charge in [-0.15, -0.1) is 0 Å². The standard InChI is InChI=1S/C15H22N2O2/c1-11(2)19-8-7-17(4)15-9-13(10-16)5-6-14(15)12(3)18/h5-6,9,11-12,18H,7-8H2,1-4H3/t12-/m1/s1. The summed E-state index contributed by atoms with van der Waals surface area (Å²) in [5.74, 6) is 0. The lowest BCUT2D eigenvalue weighted by atomic mass is 10.0. The third-order valence-corrected chi connectivity index (χ3v) is 2.90. The number of nitrogens with zero attached hydrogens (tertiary/aromatic N) is 2. The van der Waals surface area contributed by atoms with Gasteiger partial charge in [0.05, 0.1) is 30.4 Å². The largest absolute Gasteiger partial charge is 0.389 e. The Balaban J connectivity index is 2.87. The number of hydrogen-bond donors (Lipinski definition) is 1. The summed E-state index contributed by atoms with van der Waals surface area (Å²) in [6.07, 6.45) is -0.355. The lowest BCUT2D eigenvalue weighted by molar-refractivity contribution is 0.0845. The van der Waals surface area contributed by atoms with Crippen LogP contribution in [0.25, 0.3) is 0 Å². The summed E-state index contributed by atoms with van der Waals surface area (Å²) in [5.41, 5.74) is 2.29. The Morgan fingerprint density at radius 1 is 1.37 bits per heavy atom. The van der Waals surface area contributed by atoms with E-state index in [1.807, 2.05) is 25.8 Å². The molecule has 19 heavy (non-hydrogen) atoms. The van der Waals surface area contributed by atoms with E-state index >= 15 is 0 Å². The number of likely N-dealkylation sites (N-methyl/N-ethyl adjacent to an activating group) is 1. The highest BCUT2D eigenvalue weighted by Gasteiger charge is 2.12.